The fourth-order valence-electron chi connectivity index (χ4n) is 8.25. The van der Waals surface area contributed by atoms with Crippen molar-refractivity contribution in [2.75, 3.05) is 0 Å². The smallest absolute Gasteiger partial charge is 0.0541 e. The van der Waals surface area contributed by atoms with Crippen LogP contribution in [-0.4, -0.2) is 4.57 Å². The molecule has 1 nitrogen and oxygen atoms in total. The molecule has 0 aliphatic rings. The van der Waals surface area contributed by atoms with Crippen molar-refractivity contribution in [3.05, 3.63) is 176 Å². The molecule has 0 saturated heterocycles. The summed E-state index contributed by atoms with van der Waals surface area (Å²) < 4.78 is 5.10. The number of hydrogen-bond acceptors (Lipinski definition) is 1. The highest BCUT2D eigenvalue weighted by molar-refractivity contribution is 7.25. The molecule has 0 fully saturated rings. The molecule has 0 radical (unpaired) electrons. The number of benzene rings is 9. The quantitative estimate of drug-likeness (QED) is 0.168. The Morgan fingerprint density at radius 1 is 0.280 bits per heavy atom. The molecule has 0 saturated carbocycles. The first-order valence-corrected chi connectivity index (χ1v) is 18.0. The predicted molar refractivity (Wildman–Crippen MR) is 217 cm³/mol. The van der Waals surface area contributed by atoms with Crippen LogP contribution in [0.4, 0.5) is 0 Å². The van der Waals surface area contributed by atoms with E-state index in [0.29, 0.717) is 0 Å². The van der Waals surface area contributed by atoms with E-state index in [4.69, 9.17) is 0 Å². The van der Waals surface area contributed by atoms with E-state index in [0.717, 1.165) is 5.69 Å². The average Bonchev–Trinajstić information content (AvgIpc) is 3.73. The lowest BCUT2D eigenvalue weighted by atomic mass is 9.92. The van der Waals surface area contributed by atoms with E-state index in [1.165, 1.54) is 96.5 Å². The van der Waals surface area contributed by atoms with Crippen molar-refractivity contribution < 1.29 is 0 Å². The van der Waals surface area contributed by atoms with Gasteiger partial charge in [-0.2, -0.15) is 0 Å². The van der Waals surface area contributed by atoms with E-state index in [1.54, 1.807) is 0 Å². The van der Waals surface area contributed by atoms with Gasteiger partial charge in [0.2, 0.25) is 0 Å². The molecule has 9 aromatic carbocycles. The highest BCUT2D eigenvalue weighted by atomic mass is 32.1. The number of para-hydroxylation sites is 1. The van der Waals surface area contributed by atoms with Gasteiger partial charge in [-0.3, -0.25) is 0 Å². The van der Waals surface area contributed by atoms with Crippen LogP contribution in [0.5, 0.6) is 0 Å². The number of thiophene rings is 1. The number of fused-ring (bicyclic) bond motifs is 12. The van der Waals surface area contributed by atoms with Gasteiger partial charge >= 0.3 is 0 Å². The summed E-state index contributed by atoms with van der Waals surface area (Å²) in [4.78, 5) is 0. The van der Waals surface area contributed by atoms with Crippen molar-refractivity contribution in [2.24, 2.45) is 0 Å². The minimum absolute atomic E-state index is 1.16. The zero-order valence-corrected chi connectivity index (χ0v) is 27.9. The molecule has 0 bridgehead atoms. The Bertz CT molecular complexity index is 3120. The van der Waals surface area contributed by atoms with Crippen molar-refractivity contribution in [2.45, 2.75) is 0 Å². The molecular formula is C48H29NS. The molecular weight excluding hydrogens is 623 g/mol. The van der Waals surface area contributed by atoms with Gasteiger partial charge in [-0.15, -0.1) is 11.3 Å². The lowest BCUT2D eigenvalue weighted by molar-refractivity contribution is 1.18. The zero-order chi connectivity index (χ0) is 32.8. The van der Waals surface area contributed by atoms with Crippen LogP contribution in [0.2, 0.25) is 0 Å². The Morgan fingerprint density at radius 3 is 1.54 bits per heavy atom. The molecule has 0 atom stereocenters. The summed E-state index contributed by atoms with van der Waals surface area (Å²) in [6.45, 7) is 0. The van der Waals surface area contributed by atoms with Crippen LogP contribution < -0.4 is 0 Å². The van der Waals surface area contributed by atoms with Gasteiger partial charge < -0.3 is 4.57 Å². The van der Waals surface area contributed by atoms with Crippen LogP contribution in [0, 0.1) is 0 Å². The number of nitrogens with zero attached hydrogens (tertiary/aromatic N) is 1. The van der Waals surface area contributed by atoms with E-state index >= 15 is 0 Å². The number of aromatic nitrogens is 1. The molecule has 0 spiro atoms. The van der Waals surface area contributed by atoms with Crippen molar-refractivity contribution in [1.29, 1.82) is 0 Å². The van der Waals surface area contributed by atoms with Crippen LogP contribution in [0.1, 0.15) is 0 Å². The highest BCUT2D eigenvalue weighted by Gasteiger charge is 2.15. The van der Waals surface area contributed by atoms with Crippen molar-refractivity contribution >= 4 is 85.6 Å². The van der Waals surface area contributed by atoms with Crippen LogP contribution in [0.3, 0.4) is 0 Å². The monoisotopic (exact) mass is 651 g/mol. The summed E-state index contributed by atoms with van der Waals surface area (Å²) >= 11 is 1.87. The van der Waals surface area contributed by atoms with E-state index in [2.05, 4.69) is 180 Å². The fraction of sp³-hybridized carbons (Fsp3) is 0. The average molecular weight is 652 g/mol. The minimum atomic E-state index is 1.16. The number of rotatable bonds is 3. The topological polar surface area (TPSA) is 4.93 Å². The molecule has 50 heavy (non-hydrogen) atoms. The van der Waals surface area contributed by atoms with Gasteiger partial charge in [0, 0.05) is 36.6 Å². The Morgan fingerprint density at radius 2 is 0.780 bits per heavy atom. The second kappa shape index (κ2) is 10.6. The van der Waals surface area contributed by atoms with E-state index < -0.39 is 0 Å². The molecule has 0 amide bonds. The Labute approximate surface area is 292 Å². The van der Waals surface area contributed by atoms with Crippen molar-refractivity contribution in [1.82, 2.24) is 4.57 Å². The molecule has 232 valence electrons. The van der Waals surface area contributed by atoms with Gasteiger partial charge in [-0.1, -0.05) is 121 Å². The van der Waals surface area contributed by atoms with E-state index in [1.807, 2.05) is 11.3 Å². The summed E-state index contributed by atoms with van der Waals surface area (Å²) in [7, 11) is 0. The molecule has 11 rings (SSSR count). The van der Waals surface area contributed by atoms with Crippen LogP contribution in [-0.2, 0) is 0 Å². The van der Waals surface area contributed by atoms with Crippen molar-refractivity contribution in [3.63, 3.8) is 0 Å². The third kappa shape index (κ3) is 4.06. The molecule has 0 aliphatic carbocycles. The SMILES string of the molecule is c1cc(-c2ccc3c4ccccc4c4ccccc4c3c2)cc(-n2c3ccccc3c3cc(-c4ccc5sc6ccccc6c5c4)ccc32)c1. The van der Waals surface area contributed by atoms with Crippen LogP contribution >= 0.6 is 11.3 Å². The van der Waals surface area contributed by atoms with Gasteiger partial charge in [0.1, 0.15) is 0 Å². The normalized spacial score (nSPS) is 12.0. The number of hydrogen-bond donors (Lipinski definition) is 0. The first-order chi connectivity index (χ1) is 24.8. The summed E-state index contributed by atoms with van der Waals surface area (Å²) in [6, 6.07) is 65.0. The minimum Gasteiger partial charge on any atom is -0.309 e. The summed E-state index contributed by atoms with van der Waals surface area (Å²) in [5, 5.41) is 13.0. The largest absolute Gasteiger partial charge is 0.309 e. The molecule has 0 unspecified atom stereocenters. The standard InChI is InChI=1S/C48H29NS/c1-2-14-37-35(12-1)36-13-3-4-15-38(36)42-27-31(20-23-39(37)42)30-10-9-11-34(26-30)49-45-18-7-5-16-40(45)43-28-32(21-24-46(43)49)33-22-25-48-44(29-33)41-17-6-8-19-47(41)50-48/h1-29H. The van der Waals surface area contributed by atoms with Gasteiger partial charge in [0.15, 0.2) is 0 Å². The van der Waals surface area contributed by atoms with Gasteiger partial charge in [-0.25, -0.2) is 0 Å². The molecule has 2 heteroatoms. The molecule has 2 heterocycles. The second-order valence-electron chi connectivity index (χ2n) is 13.3. The second-order valence-corrected chi connectivity index (χ2v) is 14.4. The van der Waals surface area contributed by atoms with E-state index in [-0.39, 0.29) is 0 Å². The summed E-state index contributed by atoms with van der Waals surface area (Å²) in [6.07, 6.45) is 0. The molecule has 11 aromatic rings. The summed E-state index contributed by atoms with van der Waals surface area (Å²) in [5.41, 5.74) is 8.51. The highest BCUT2D eigenvalue weighted by Crippen LogP contribution is 2.40. The Balaban J connectivity index is 1.07. The Kier molecular flexibility index (Phi) is 5.89. The fourth-order valence-corrected chi connectivity index (χ4v) is 9.33. The Hall–Kier alpha value is -6.22. The zero-order valence-electron chi connectivity index (χ0n) is 27.1. The summed E-state index contributed by atoms with van der Waals surface area (Å²) in [5.74, 6) is 0. The van der Waals surface area contributed by atoms with Gasteiger partial charge in [-0.05, 0) is 109 Å². The maximum atomic E-state index is 2.43. The first kappa shape index (κ1) is 27.7. The van der Waals surface area contributed by atoms with E-state index in [9.17, 15) is 0 Å². The van der Waals surface area contributed by atoms with Gasteiger partial charge in [0.25, 0.3) is 0 Å². The van der Waals surface area contributed by atoms with Gasteiger partial charge in [0.05, 0.1) is 11.0 Å². The molecule has 2 aromatic heterocycles. The maximum absolute atomic E-state index is 2.43. The maximum Gasteiger partial charge on any atom is 0.0541 e. The van der Waals surface area contributed by atoms with Crippen LogP contribution in [0.15, 0.2) is 176 Å². The first-order valence-electron chi connectivity index (χ1n) is 17.2. The molecule has 0 aliphatic heterocycles. The lowest BCUT2D eigenvalue weighted by Crippen LogP contribution is -1.94. The molecule has 0 N–H and O–H groups in total. The lowest BCUT2D eigenvalue weighted by Gasteiger charge is -2.13. The third-order valence-corrected chi connectivity index (χ3v) is 11.7. The van der Waals surface area contributed by atoms with Crippen LogP contribution in [0.25, 0.3) is 102 Å². The predicted octanol–water partition coefficient (Wildman–Crippen LogP) is 13.9. The van der Waals surface area contributed by atoms with Crippen molar-refractivity contribution in [3.8, 4) is 27.9 Å². The third-order valence-electron chi connectivity index (χ3n) is 10.6.